The van der Waals surface area contributed by atoms with Crippen LogP contribution in [0.3, 0.4) is 0 Å². The molecule has 0 aliphatic heterocycles. The van der Waals surface area contributed by atoms with Gasteiger partial charge in [0.05, 0.1) is 18.5 Å². The van der Waals surface area contributed by atoms with Gasteiger partial charge in [0.2, 0.25) is 11.8 Å². The molecule has 23 heavy (non-hydrogen) atoms. The van der Waals surface area contributed by atoms with Gasteiger partial charge in [0.1, 0.15) is 0 Å². The second-order valence-electron chi connectivity index (χ2n) is 5.19. The Morgan fingerprint density at radius 1 is 1.09 bits per heavy atom. The fourth-order valence-electron chi connectivity index (χ4n) is 2.21. The van der Waals surface area contributed by atoms with Crippen LogP contribution in [0.15, 0.2) is 30.5 Å². The van der Waals surface area contributed by atoms with E-state index in [9.17, 15) is 0 Å². The van der Waals surface area contributed by atoms with Gasteiger partial charge in [0, 0.05) is 25.3 Å². The van der Waals surface area contributed by atoms with Crippen molar-refractivity contribution in [2.45, 2.75) is 6.92 Å². The number of hydrogen-bond donors (Lipinski definition) is 1. The van der Waals surface area contributed by atoms with Crippen molar-refractivity contribution in [3.63, 3.8) is 0 Å². The molecule has 0 spiro atoms. The molecule has 0 bridgehead atoms. The van der Waals surface area contributed by atoms with Gasteiger partial charge in [-0.2, -0.15) is 9.97 Å². The van der Waals surface area contributed by atoms with Gasteiger partial charge in [-0.15, -0.1) is 0 Å². The molecular formula is C16H18N6O. The standard InChI is InChI=1S/C16H18N6O/c1-4-23-15-13-14(20-16(17)21-15)18-9-12(19-13)10-5-7-11(8-6-10)22(2)3/h5-9H,4H2,1-3H3,(H2,17,18,20,21). The Kier molecular flexibility index (Phi) is 3.92. The Labute approximate surface area is 134 Å². The number of nitrogen functional groups attached to an aromatic ring is 1. The molecule has 2 aromatic heterocycles. The molecule has 0 aliphatic carbocycles. The van der Waals surface area contributed by atoms with Crippen LogP contribution in [0.1, 0.15) is 6.92 Å². The monoisotopic (exact) mass is 310 g/mol. The van der Waals surface area contributed by atoms with E-state index >= 15 is 0 Å². The minimum absolute atomic E-state index is 0.123. The predicted molar refractivity (Wildman–Crippen MR) is 90.5 cm³/mol. The lowest BCUT2D eigenvalue weighted by Gasteiger charge is -2.12. The fraction of sp³-hybridized carbons (Fsp3) is 0.250. The first kappa shape index (κ1) is 15.0. The molecule has 3 aromatic rings. The minimum atomic E-state index is 0.123. The Bertz CT molecular complexity index is 832. The third-order valence-electron chi connectivity index (χ3n) is 3.35. The molecular weight excluding hydrogens is 292 g/mol. The van der Waals surface area contributed by atoms with Crippen LogP contribution < -0.4 is 15.4 Å². The molecule has 2 N–H and O–H groups in total. The molecule has 0 radical (unpaired) electrons. The molecule has 0 amide bonds. The Hall–Kier alpha value is -2.96. The lowest BCUT2D eigenvalue weighted by Crippen LogP contribution is -2.08. The highest BCUT2D eigenvalue weighted by atomic mass is 16.5. The molecule has 0 fully saturated rings. The molecule has 2 heterocycles. The highest BCUT2D eigenvalue weighted by Crippen LogP contribution is 2.25. The Morgan fingerprint density at radius 3 is 2.48 bits per heavy atom. The number of anilines is 2. The summed E-state index contributed by atoms with van der Waals surface area (Å²) in [6.45, 7) is 2.34. The normalized spacial score (nSPS) is 10.7. The molecule has 118 valence electrons. The molecule has 7 nitrogen and oxygen atoms in total. The highest BCUT2D eigenvalue weighted by Gasteiger charge is 2.12. The largest absolute Gasteiger partial charge is 0.476 e. The summed E-state index contributed by atoms with van der Waals surface area (Å²) in [5.41, 5.74) is 9.42. The molecule has 3 rings (SSSR count). The van der Waals surface area contributed by atoms with Crippen molar-refractivity contribution >= 4 is 22.8 Å². The number of hydrogen-bond acceptors (Lipinski definition) is 7. The summed E-state index contributed by atoms with van der Waals surface area (Å²) < 4.78 is 5.50. The number of nitrogens with two attached hydrogens (primary N) is 1. The van der Waals surface area contributed by atoms with Gasteiger partial charge < -0.3 is 15.4 Å². The van der Waals surface area contributed by atoms with Crippen molar-refractivity contribution in [3.05, 3.63) is 30.5 Å². The first-order valence-corrected chi connectivity index (χ1v) is 7.29. The number of nitrogens with zero attached hydrogens (tertiary/aromatic N) is 5. The quantitative estimate of drug-likeness (QED) is 0.789. The van der Waals surface area contributed by atoms with E-state index < -0.39 is 0 Å². The third kappa shape index (κ3) is 2.98. The summed E-state index contributed by atoms with van der Waals surface area (Å²) in [5, 5.41) is 0. The summed E-state index contributed by atoms with van der Waals surface area (Å²) in [6, 6.07) is 8.07. The topological polar surface area (TPSA) is 90.0 Å². The summed E-state index contributed by atoms with van der Waals surface area (Å²) in [4.78, 5) is 19.2. The van der Waals surface area contributed by atoms with Crippen molar-refractivity contribution < 1.29 is 4.74 Å². The van der Waals surface area contributed by atoms with Crippen LogP contribution in [-0.2, 0) is 0 Å². The SMILES string of the molecule is CCOc1nc(N)nc2ncc(-c3ccc(N(C)C)cc3)nc12. The van der Waals surface area contributed by atoms with E-state index in [1.165, 1.54) is 0 Å². The highest BCUT2D eigenvalue weighted by molar-refractivity contribution is 5.79. The summed E-state index contributed by atoms with van der Waals surface area (Å²) in [5.74, 6) is 0.479. The van der Waals surface area contributed by atoms with E-state index in [4.69, 9.17) is 10.5 Å². The minimum Gasteiger partial charge on any atom is -0.476 e. The smallest absolute Gasteiger partial charge is 0.247 e. The molecule has 0 saturated carbocycles. The second kappa shape index (κ2) is 6.04. The van der Waals surface area contributed by atoms with E-state index in [2.05, 4.69) is 19.9 Å². The van der Waals surface area contributed by atoms with Crippen LogP contribution in [0, 0.1) is 0 Å². The van der Waals surface area contributed by atoms with Gasteiger partial charge in [-0.05, 0) is 19.1 Å². The van der Waals surface area contributed by atoms with Gasteiger partial charge in [-0.25, -0.2) is 9.97 Å². The zero-order chi connectivity index (χ0) is 16.4. The van der Waals surface area contributed by atoms with E-state index in [-0.39, 0.29) is 5.95 Å². The molecule has 0 aliphatic rings. The Morgan fingerprint density at radius 2 is 1.83 bits per heavy atom. The summed E-state index contributed by atoms with van der Waals surface area (Å²) in [7, 11) is 4.00. The van der Waals surface area contributed by atoms with Gasteiger partial charge in [-0.3, -0.25) is 0 Å². The van der Waals surface area contributed by atoms with Crippen LogP contribution in [0.4, 0.5) is 11.6 Å². The van der Waals surface area contributed by atoms with Crippen LogP contribution in [-0.4, -0.2) is 40.6 Å². The number of aromatic nitrogens is 4. The maximum Gasteiger partial charge on any atom is 0.247 e. The van der Waals surface area contributed by atoms with Crippen molar-refractivity contribution in [2.24, 2.45) is 0 Å². The van der Waals surface area contributed by atoms with E-state index in [0.717, 1.165) is 16.9 Å². The zero-order valence-electron chi connectivity index (χ0n) is 13.3. The number of ether oxygens (including phenoxy) is 1. The third-order valence-corrected chi connectivity index (χ3v) is 3.35. The van der Waals surface area contributed by atoms with Crippen molar-refractivity contribution in [1.29, 1.82) is 0 Å². The predicted octanol–water partition coefficient (Wildman–Crippen LogP) is 2.13. The van der Waals surface area contributed by atoms with Crippen molar-refractivity contribution in [2.75, 3.05) is 31.3 Å². The lowest BCUT2D eigenvalue weighted by molar-refractivity contribution is 0.330. The first-order valence-electron chi connectivity index (χ1n) is 7.29. The summed E-state index contributed by atoms with van der Waals surface area (Å²) in [6.07, 6.45) is 1.68. The van der Waals surface area contributed by atoms with Crippen LogP contribution >= 0.6 is 0 Å². The van der Waals surface area contributed by atoms with Crippen LogP contribution in [0.5, 0.6) is 5.88 Å². The Balaban J connectivity index is 2.08. The van der Waals surface area contributed by atoms with E-state index in [1.807, 2.05) is 50.2 Å². The van der Waals surface area contributed by atoms with Crippen molar-refractivity contribution in [3.8, 4) is 17.1 Å². The van der Waals surface area contributed by atoms with Crippen LogP contribution in [0.25, 0.3) is 22.4 Å². The molecule has 0 unspecified atom stereocenters. The van der Waals surface area contributed by atoms with E-state index in [0.29, 0.717) is 23.7 Å². The van der Waals surface area contributed by atoms with Crippen LogP contribution in [0.2, 0.25) is 0 Å². The molecule has 7 heteroatoms. The van der Waals surface area contributed by atoms with Gasteiger partial charge >= 0.3 is 0 Å². The number of benzene rings is 1. The molecule has 0 atom stereocenters. The zero-order valence-corrected chi connectivity index (χ0v) is 13.3. The summed E-state index contributed by atoms with van der Waals surface area (Å²) >= 11 is 0. The average molecular weight is 310 g/mol. The van der Waals surface area contributed by atoms with Gasteiger partial charge in [0.25, 0.3) is 0 Å². The maximum absolute atomic E-state index is 5.67. The van der Waals surface area contributed by atoms with E-state index in [1.54, 1.807) is 6.20 Å². The van der Waals surface area contributed by atoms with Crippen molar-refractivity contribution in [1.82, 2.24) is 19.9 Å². The maximum atomic E-state index is 5.67. The first-order chi connectivity index (χ1) is 11.1. The fourth-order valence-corrected chi connectivity index (χ4v) is 2.21. The average Bonchev–Trinajstić information content (AvgIpc) is 2.55. The number of rotatable bonds is 4. The second-order valence-corrected chi connectivity index (χ2v) is 5.19. The lowest BCUT2D eigenvalue weighted by atomic mass is 10.1. The van der Waals surface area contributed by atoms with Gasteiger partial charge in [0.15, 0.2) is 11.2 Å². The van der Waals surface area contributed by atoms with Gasteiger partial charge in [-0.1, -0.05) is 12.1 Å². The molecule has 0 saturated heterocycles. The molecule has 1 aromatic carbocycles. The number of fused-ring (bicyclic) bond motifs is 1.